The lowest BCUT2D eigenvalue weighted by molar-refractivity contribution is 0.127. The first-order valence-corrected chi connectivity index (χ1v) is 7.21. The van der Waals surface area contributed by atoms with Gasteiger partial charge in [-0.15, -0.1) is 5.10 Å². The van der Waals surface area contributed by atoms with Gasteiger partial charge in [0.25, 0.3) is 0 Å². The summed E-state index contributed by atoms with van der Waals surface area (Å²) in [5.74, 6) is 0. The van der Waals surface area contributed by atoms with E-state index in [1.165, 1.54) is 5.56 Å². The van der Waals surface area contributed by atoms with Gasteiger partial charge in [0.1, 0.15) is 5.69 Å². The standard InChI is InChI=1S/C15H19N5O2/c1-10-3-4-12(5-11(10)2)16-15(22)19-7-14(8-19)20-6-13(9-21)17-18-20/h3-6,14,21H,7-9H2,1-2H3,(H,16,22). The van der Waals surface area contributed by atoms with Crippen LogP contribution < -0.4 is 5.32 Å². The van der Waals surface area contributed by atoms with Crippen LogP contribution >= 0.6 is 0 Å². The number of carbonyl (C=O) groups excluding carboxylic acids is 1. The number of hydrogen-bond acceptors (Lipinski definition) is 4. The average molecular weight is 301 g/mol. The van der Waals surface area contributed by atoms with E-state index in [1.54, 1.807) is 15.8 Å². The fourth-order valence-electron chi connectivity index (χ4n) is 2.37. The first kappa shape index (κ1) is 14.5. The number of aliphatic hydroxyl groups is 1. The lowest BCUT2D eigenvalue weighted by atomic mass is 10.1. The monoisotopic (exact) mass is 301 g/mol. The van der Waals surface area contributed by atoms with Crippen molar-refractivity contribution < 1.29 is 9.90 Å². The number of nitrogens with zero attached hydrogens (tertiary/aromatic N) is 4. The van der Waals surface area contributed by atoms with Crippen LogP contribution in [0.1, 0.15) is 22.9 Å². The first-order chi connectivity index (χ1) is 10.6. The second-order valence-electron chi connectivity index (χ2n) is 5.64. The Morgan fingerprint density at radius 2 is 2.14 bits per heavy atom. The molecule has 0 saturated carbocycles. The van der Waals surface area contributed by atoms with Crippen LogP contribution in [0.15, 0.2) is 24.4 Å². The van der Waals surface area contributed by atoms with Crippen LogP contribution in [0.4, 0.5) is 10.5 Å². The Kier molecular flexibility index (Phi) is 3.81. The van der Waals surface area contributed by atoms with Crippen molar-refractivity contribution >= 4 is 11.7 Å². The largest absolute Gasteiger partial charge is 0.390 e. The van der Waals surface area contributed by atoms with Crippen LogP contribution in [-0.2, 0) is 6.61 Å². The van der Waals surface area contributed by atoms with Gasteiger partial charge < -0.3 is 15.3 Å². The maximum absolute atomic E-state index is 12.2. The van der Waals surface area contributed by atoms with Gasteiger partial charge >= 0.3 is 6.03 Å². The zero-order chi connectivity index (χ0) is 15.7. The third-order valence-electron chi connectivity index (χ3n) is 4.00. The van der Waals surface area contributed by atoms with E-state index in [4.69, 9.17) is 5.11 Å². The van der Waals surface area contributed by atoms with E-state index in [9.17, 15) is 4.79 Å². The van der Waals surface area contributed by atoms with Crippen molar-refractivity contribution in [3.05, 3.63) is 41.2 Å². The molecule has 0 unspecified atom stereocenters. The highest BCUT2D eigenvalue weighted by Crippen LogP contribution is 2.22. The smallest absolute Gasteiger partial charge is 0.321 e. The fraction of sp³-hybridized carbons (Fsp3) is 0.400. The van der Waals surface area contributed by atoms with E-state index < -0.39 is 0 Å². The van der Waals surface area contributed by atoms with Gasteiger partial charge in [-0.1, -0.05) is 11.3 Å². The summed E-state index contributed by atoms with van der Waals surface area (Å²) in [6.07, 6.45) is 1.71. The van der Waals surface area contributed by atoms with E-state index in [1.807, 2.05) is 32.0 Å². The predicted octanol–water partition coefficient (Wildman–Crippen LogP) is 1.48. The molecule has 1 saturated heterocycles. The molecule has 0 atom stereocenters. The molecule has 2 aromatic rings. The van der Waals surface area contributed by atoms with Gasteiger partial charge in [-0.05, 0) is 37.1 Å². The van der Waals surface area contributed by atoms with E-state index in [2.05, 4.69) is 15.6 Å². The van der Waals surface area contributed by atoms with E-state index in [0.717, 1.165) is 11.3 Å². The summed E-state index contributed by atoms with van der Waals surface area (Å²) < 4.78 is 1.70. The Morgan fingerprint density at radius 1 is 1.36 bits per heavy atom. The molecule has 2 heterocycles. The molecule has 7 nitrogen and oxygen atoms in total. The molecule has 116 valence electrons. The summed E-state index contributed by atoms with van der Waals surface area (Å²) in [6.45, 7) is 5.12. The van der Waals surface area contributed by atoms with Gasteiger partial charge in [-0.25, -0.2) is 9.48 Å². The number of aliphatic hydroxyl groups excluding tert-OH is 1. The van der Waals surface area contributed by atoms with Gasteiger partial charge in [0.15, 0.2) is 0 Å². The first-order valence-electron chi connectivity index (χ1n) is 7.21. The third kappa shape index (κ3) is 2.80. The minimum Gasteiger partial charge on any atom is -0.390 e. The molecular weight excluding hydrogens is 282 g/mol. The number of aryl methyl sites for hydroxylation is 2. The van der Waals surface area contributed by atoms with Crippen LogP contribution in [0.5, 0.6) is 0 Å². The van der Waals surface area contributed by atoms with Crippen LogP contribution in [-0.4, -0.2) is 44.1 Å². The van der Waals surface area contributed by atoms with Crippen LogP contribution in [0, 0.1) is 13.8 Å². The van der Waals surface area contributed by atoms with Crippen LogP contribution in [0.3, 0.4) is 0 Å². The van der Waals surface area contributed by atoms with Gasteiger partial charge in [-0.3, -0.25) is 0 Å². The Balaban J connectivity index is 1.55. The molecule has 2 amide bonds. The van der Waals surface area contributed by atoms with Crippen molar-refractivity contribution in [1.29, 1.82) is 0 Å². The number of hydrogen-bond donors (Lipinski definition) is 2. The van der Waals surface area contributed by atoms with Gasteiger partial charge in [0, 0.05) is 18.8 Å². The van der Waals surface area contributed by atoms with Crippen molar-refractivity contribution in [1.82, 2.24) is 19.9 Å². The molecule has 0 aliphatic carbocycles. The molecule has 3 rings (SSSR count). The van der Waals surface area contributed by atoms with Crippen molar-refractivity contribution in [2.24, 2.45) is 0 Å². The number of rotatable bonds is 3. The summed E-state index contributed by atoms with van der Waals surface area (Å²) in [5.41, 5.74) is 3.70. The molecule has 0 radical (unpaired) electrons. The summed E-state index contributed by atoms with van der Waals surface area (Å²) in [4.78, 5) is 13.9. The summed E-state index contributed by atoms with van der Waals surface area (Å²) in [5, 5.41) is 19.7. The number of nitrogens with one attached hydrogen (secondary N) is 1. The summed E-state index contributed by atoms with van der Waals surface area (Å²) >= 11 is 0. The van der Waals surface area contributed by atoms with Crippen molar-refractivity contribution in [2.75, 3.05) is 18.4 Å². The molecular formula is C15H19N5O2. The van der Waals surface area contributed by atoms with Gasteiger partial charge in [-0.2, -0.15) is 0 Å². The number of benzene rings is 1. The second kappa shape index (κ2) is 5.76. The molecule has 0 spiro atoms. The molecule has 0 bridgehead atoms. The highest BCUT2D eigenvalue weighted by atomic mass is 16.3. The molecule has 7 heteroatoms. The number of likely N-dealkylation sites (tertiary alicyclic amines) is 1. The van der Waals surface area contributed by atoms with E-state index >= 15 is 0 Å². The minimum absolute atomic E-state index is 0.109. The SMILES string of the molecule is Cc1ccc(NC(=O)N2CC(n3cc(CO)nn3)C2)cc1C. The lowest BCUT2D eigenvalue weighted by Gasteiger charge is -2.38. The number of carbonyl (C=O) groups is 1. The van der Waals surface area contributed by atoms with Crippen molar-refractivity contribution in [2.45, 2.75) is 26.5 Å². The molecule has 1 fully saturated rings. The van der Waals surface area contributed by atoms with Crippen molar-refractivity contribution in [3.8, 4) is 0 Å². The Labute approximate surface area is 128 Å². The topological polar surface area (TPSA) is 83.3 Å². The van der Waals surface area contributed by atoms with E-state index in [0.29, 0.717) is 18.8 Å². The number of amides is 2. The maximum Gasteiger partial charge on any atom is 0.321 e. The lowest BCUT2D eigenvalue weighted by Crippen LogP contribution is -2.52. The van der Waals surface area contributed by atoms with Crippen LogP contribution in [0.25, 0.3) is 0 Å². The predicted molar refractivity (Wildman–Crippen MR) is 81.5 cm³/mol. The molecule has 1 aromatic carbocycles. The highest BCUT2D eigenvalue weighted by molar-refractivity contribution is 5.90. The zero-order valence-electron chi connectivity index (χ0n) is 12.7. The van der Waals surface area contributed by atoms with Gasteiger partial charge in [0.05, 0.1) is 18.8 Å². The third-order valence-corrected chi connectivity index (χ3v) is 4.00. The normalized spacial score (nSPS) is 14.8. The number of urea groups is 1. The van der Waals surface area contributed by atoms with Crippen molar-refractivity contribution in [3.63, 3.8) is 0 Å². The Morgan fingerprint density at radius 3 is 2.77 bits per heavy atom. The quantitative estimate of drug-likeness (QED) is 0.899. The second-order valence-corrected chi connectivity index (χ2v) is 5.64. The average Bonchev–Trinajstić information content (AvgIpc) is 2.90. The number of anilines is 1. The molecule has 1 aliphatic heterocycles. The minimum atomic E-state index is -0.121. The van der Waals surface area contributed by atoms with Gasteiger partial charge in [0.2, 0.25) is 0 Å². The summed E-state index contributed by atoms with van der Waals surface area (Å²) in [6, 6.07) is 5.88. The molecule has 1 aromatic heterocycles. The zero-order valence-corrected chi connectivity index (χ0v) is 12.7. The van der Waals surface area contributed by atoms with Crippen LogP contribution in [0.2, 0.25) is 0 Å². The number of aromatic nitrogens is 3. The maximum atomic E-state index is 12.2. The molecule has 1 aliphatic rings. The summed E-state index contributed by atoms with van der Waals surface area (Å²) in [7, 11) is 0. The Bertz CT molecular complexity index is 691. The fourth-order valence-corrected chi connectivity index (χ4v) is 2.37. The highest BCUT2D eigenvalue weighted by Gasteiger charge is 2.32. The Hall–Kier alpha value is -2.41. The molecule has 2 N–H and O–H groups in total. The van der Waals surface area contributed by atoms with E-state index in [-0.39, 0.29) is 18.7 Å². The molecule has 22 heavy (non-hydrogen) atoms.